The summed E-state index contributed by atoms with van der Waals surface area (Å²) in [4.78, 5) is 60.1. The highest BCUT2D eigenvalue weighted by Gasteiger charge is 2.37. The van der Waals surface area contributed by atoms with Crippen molar-refractivity contribution in [3.8, 4) is 5.75 Å². The van der Waals surface area contributed by atoms with Crippen molar-refractivity contribution in [1.29, 1.82) is 0 Å². The molecule has 1 N–H and O–H groups in total. The zero-order chi connectivity index (χ0) is 27.4. The monoisotopic (exact) mass is 550 g/mol. The summed E-state index contributed by atoms with van der Waals surface area (Å²) >= 11 is 5.97. The smallest absolute Gasteiger partial charge is 0.330 e. The van der Waals surface area contributed by atoms with Gasteiger partial charge in [-0.25, -0.2) is 4.79 Å². The van der Waals surface area contributed by atoms with Crippen LogP contribution in [0.25, 0.3) is 0 Å². The van der Waals surface area contributed by atoms with Crippen LogP contribution in [-0.4, -0.2) is 45.8 Å². The summed E-state index contributed by atoms with van der Waals surface area (Å²) in [6.45, 7) is 1.34. The van der Waals surface area contributed by atoms with E-state index in [0.29, 0.717) is 16.3 Å². The van der Waals surface area contributed by atoms with Crippen LogP contribution in [0.15, 0.2) is 30.5 Å². The highest BCUT2D eigenvalue weighted by atomic mass is 35.5. The van der Waals surface area contributed by atoms with Crippen molar-refractivity contribution in [2.24, 2.45) is 5.92 Å². The summed E-state index contributed by atoms with van der Waals surface area (Å²) in [5.41, 5.74) is 2.70. The number of aryl methyl sites for hydroxylation is 1. The van der Waals surface area contributed by atoms with Crippen LogP contribution < -0.4 is 10.1 Å². The molecule has 1 aromatic heterocycles. The molecule has 15 heteroatoms. The number of halogens is 1. The van der Waals surface area contributed by atoms with Gasteiger partial charge in [0.25, 0.3) is 10.2 Å². The van der Waals surface area contributed by atoms with E-state index in [1.165, 1.54) is 0 Å². The van der Waals surface area contributed by atoms with Gasteiger partial charge in [0.2, 0.25) is 5.91 Å². The number of nitrogens with one attached hydrogen (secondary N) is 1. The van der Waals surface area contributed by atoms with Crippen LogP contribution in [0, 0.1) is 33.1 Å². The number of fused-ring (bicyclic) bond motifs is 1. The molecule has 1 amide bonds. The summed E-state index contributed by atoms with van der Waals surface area (Å²) in [6, 6.07) is 7.15. The van der Waals surface area contributed by atoms with E-state index < -0.39 is 52.8 Å². The summed E-state index contributed by atoms with van der Waals surface area (Å²) in [5, 5.41) is 22.4. The molecule has 1 aromatic carbocycles. The maximum Gasteiger partial charge on any atom is 0.330 e. The van der Waals surface area contributed by atoms with E-state index in [1.807, 2.05) is 12.1 Å². The van der Waals surface area contributed by atoms with E-state index in [-0.39, 0.29) is 31.6 Å². The predicted octanol–water partition coefficient (Wildman–Crippen LogP) is 2.64. The zero-order valence-electron chi connectivity index (χ0n) is 20.0. The van der Waals surface area contributed by atoms with Crippen molar-refractivity contribution in [2.75, 3.05) is 6.54 Å². The van der Waals surface area contributed by atoms with E-state index in [2.05, 4.69) is 20.0 Å². The fourth-order valence-electron chi connectivity index (χ4n) is 4.63. The molecule has 4 atom stereocenters. The average Bonchev–Trinajstić information content (AvgIpc) is 3.28. The first-order chi connectivity index (χ1) is 18.1. The fraction of sp³-hybridized carbons (Fsp3) is 0.435. The lowest BCUT2D eigenvalue weighted by Crippen LogP contribution is -2.43. The standard InChI is InChI=1S/C23H23ClN4O10/c1-12-21(19-11-35-22(18(19)9-25-12)13-2-4-15(24)5-3-13)36-20(29)10-26-23(30)14-6-16(37-27(31)32)8-17(7-14)38-28(33)34/h2-5,9,14,16-17,22H,6-8,10-11H2,1H3,(H,26,30)/t14?,16-,17+,22-/m0/s1. The highest BCUT2D eigenvalue weighted by Crippen LogP contribution is 2.41. The molecule has 4 rings (SSSR count). The van der Waals surface area contributed by atoms with Crippen molar-refractivity contribution in [2.45, 2.75) is 51.1 Å². The molecule has 0 radical (unpaired) electrons. The van der Waals surface area contributed by atoms with Gasteiger partial charge in [-0.15, -0.1) is 20.2 Å². The lowest BCUT2D eigenvalue weighted by Gasteiger charge is -2.31. The van der Waals surface area contributed by atoms with Crippen LogP contribution in [0.3, 0.4) is 0 Å². The van der Waals surface area contributed by atoms with Crippen LogP contribution >= 0.6 is 11.6 Å². The first-order valence-electron chi connectivity index (χ1n) is 11.6. The Kier molecular flexibility index (Phi) is 8.22. The summed E-state index contributed by atoms with van der Waals surface area (Å²) in [6.07, 6.45) is -1.16. The van der Waals surface area contributed by atoms with Crippen molar-refractivity contribution in [1.82, 2.24) is 10.3 Å². The lowest BCUT2D eigenvalue weighted by molar-refractivity contribution is -0.781. The van der Waals surface area contributed by atoms with Gasteiger partial charge in [0, 0.05) is 34.7 Å². The molecule has 38 heavy (non-hydrogen) atoms. The first kappa shape index (κ1) is 27.0. The van der Waals surface area contributed by atoms with Crippen LogP contribution in [0.1, 0.15) is 47.8 Å². The number of nitrogens with zero attached hydrogens (tertiary/aromatic N) is 3. The first-order valence-corrected chi connectivity index (χ1v) is 11.9. The second-order valence-corrected chi connectivity index (χ2v) is 9.28. The van der Waals surface area contributed by atoms with Gasteiger partial charge in [-0.3, -0.25) is 9.78 Å². The molecular weight excluding hydrogens is 528 g/mol. The average molecular weight is 551 g/mol. The van der Waals surface area contributed by atoms with Gasteiger partial charge in [-0.2, -0.15) is 0 Å². The molecule has 1 aliphatic carbocycles. The number of benzene rings is 1. The number of rotatable bonds is 9. The topological polar surface area (TPSA) is 182 Å². The molecule has 0 saturated heterocycles. The molecule has 14 nitrogen and oxygen atoms in total. The van der Waals surface area contributed by atoms with E-state index >= 15 is 0 Å². The number of hydrogen-bond donors (Lipinski definition) is 1. The Morgan fingerprint density at radius 1 is 1.11 bits per heavy atom. The van der Waals surface area contributed by atoms with Gasteiger partial charge < -0.3 is 24.5 Å². The maximum absolute atomic E-state index is 12.7. The summed E-state index contributed by atoms with van der Waals surface area (Å²) in [5.74, 6) is -2.10. The molecule has 1 aliphatic heterocycles. The Morgan fingerprint density at radius 2 is 1.74 bits per heavy atom. The van der Waals surface area contributed by atoms with Crippen molar-refractivity contribution in [3.05, 3.63) is 78.1 Å². The number of esters is 1. The van der Waals surface area contributed by atoms with Crippen LogP contribution in [0.4, 0.5) is 0 Å². The molecule has 1 saturated carbocycles. The molecular formula is C23H23ClN4O10. The van der Waals surface area contributed by atoms with E-state index in [0.717, 1.165) is 11.1 Å². The number of ether oxygens (including phenoxy) is 2. The van der Waals surface area contributed by atoms with Crippen LogP contribution in [0.2, 0.25) is 5.02 Å². The number of hydrogen-bond acceptors (Lipinski definition) is 11. The quantitative estimate of drug-likeness (QED) is 0.275. The van der Waals surface area contributed by atoms with E-state index in [4.69, 9.17) is 21.1 Å². The third kappa shape index (κ3) is 6.44. The maximum atomic E-state index is 12.7. The Bertz CT molecular complexity index is 1220. The highest BCUT2D eigenvalue weighted by molar-refractivity contribution is 6.30. The molecule has 1 unspecified atom stereocenters. The van der Waals surface area contributed by atoms with Gasteiger partial charge in [-0.05, 0) is 37.5 Å². The van der Waals surface area contributed by atoms with Crippen LogP contribution in [-0.2, 0) is 30.6 Å². The Labute approximate surface area is 220 Å². The molecule has 202 valence electrons. The molecule has 2 aliphatic rings. The van der Waals surface area contributed by atoms with Gasteiger partial charge in [0.05, 0.1) is 12.3 Å². The lowest BCUT2D eigenvalue weighted by atomic mass is 9.84. The van der Waals surface area contributed by atoms with E-state index in [9.17, 15) is 29.8 Å². The van der Waals surface area contributed by atoms with Gasteiger partial charge in [0.15, 0.2) is 5.75 Å². The number of carbonyl (C=O) groups excluding carboxylic acids is 2. The van der Waals surface area contributed by atoms with Gasteiger partial charge in [0.1, 0.15) is 24.9 Å². The molecule has 0 spiro atoms. The van der Waals surface area contributed by atoms with Crippen LogP contribution in [0.5, 0.6) is 5.75 Å². The predicted molar refractivity (Wildman–Crippen MR) is 127 cm³/mol. The largest absolute Gasteiger partial charge is 0.423 e. The summed E-state index contributed by atoms with van der Waals surface area (Å²) < 4.78 is 11.4. The minimum Gasteiger partial charge on any atom is -0.423 e. The second kappa shape index (κ2) is 11.6. The molecule has 2 aromatic rings. The number of aromatic nitrogens is 1. The number of carbonyl (C=O) groups is 2. The zero-order valence-corrected chi connectivity index (χ0v) is 20.8. The number of amides is 1. The number of pyridine rings is 1. The fourth-order valence-corrected chi connectivity index (χ4v) is 4.76. The van der Waals surface area contributed by atoms with Gasteiger partial charge in [-0.1, -0.05) is 23.7 Å². The summed E-state index contributed by atoms with van der Waals surface area (Å²) in [7, 11) is 0. The molecule has 0 bridgehead atoms. The Balaban J connectivity index is 1.39. The normalized spacial score (nSPS) is 22.2. The SMILES string of the molecule is Cc1ncc2c(c1OC(=O)CNC(=O)C1C[C@@H](O[N+](=O)[O-])C[C@@H](O[N+](=O)[O-])C1)CO[C@H]2c1ccc(Cl)cc1. The Hall–Kier alpha value is -4.04. The third-order valence-corrected chi connectivity index (χ3v) is 6.53. The third-order valence-electron chi connectivity index (χ3n) is 6.28. The minimum absolute atomic E-state index is 0.0713. The van der Waals surface area contributed by atoms with E-state index in [1.54, 1.807) is 25.3 Å². The molecule has 1 fully saturated rings. The second-order valence-electron chi connectivity index (χ2n) is 8.85. The molecule has 2 heterocycles. The van der Waals surface area contributed by atoms with Crippen molar-refractivity contribution in [3.63, 3.8) is 0 Å². The van der Waals surface area contributed by atoms with Crippen molar-refractivity contribution < 1.29 is 38.9 Å². The van der Waals surface area contributed by atoms with Crippen molar-refractivity contribution >= 4 is 23.5 Å². The van der Waals surface area contributed by atoms with Gasteiger partial charge >= 0.3 is 5.97 Å². The Morgan fingerprint density at radius 3 is 2.34 bits per heavy atom. The minimum atomic E-state index is -1.07.